The zero-order valence-corrected chi connectivity index (χ0v) is 14.9. The summed E-state index contributed by atoms with van der Waals surface area (Å²) in [6.45, 7) is 3.36. The molecule has 1 aromatic rings. The van der Waals surface area contributed by atoms with E-state index in [-0.39, 0.29) is 0 Å². The largest absolute Gasteiger partial charge is 0.314 e. The van der Waals surface area contributed by atoms with Gasteiger partial charge in [0.15, 0.2) is 0 Å². The second kappa shape index (κ2) is 9.58. The van der Waals surface area contributed by atoms with Crippen LogP contribution in [0.2, 0.25) is 0 Å². The van der Waals surface area contributed by atoms with Crippen LogP contribution in [0.5, 0.6) is 0 Å². The first-order valence-electron chi connectivity index (χ1n) is 8.61. The molecule has 1 fully saturated rings. The van der Waals surface area contributed by atoms with E-state index in [1.165, 1.54) is 57.1 Å². The van der Waals surface area contributed by atoms with Gasteiger partial charge in [-0.05, 0) is 53.4 Å². The second-order valence-corrected chi connectivity index (χ2v) is 7.33. The van der Waals surface area contributed by atoms with E-state index >= 15 is 0 Å². The molecule has 2 nitrogen and oxygen atoms in total. The highest BCUT2D eigenvalue weighted by Crippen LogP contribution is 2.27. The first-order valence-corrected chi connectivity index (χ1v) is 9.41. The molecule has 1 saturated carbocycles. The highest BCUT2D eigenvalue weighted by molar-refractivity contribution is 9.10. The summed E-state index contributed by atoms with van der Waals surface area (Å²) < 4.78 is 1.06. The minimum Gasteiger partial charge on any atom is -0.314 e. The van der Waals surface area contributed by atoms with Crippen LogP contribution in [0.25, 0.3) is 0 Å². The zero-order chi connectivity index (χ0) is 14.9. The molecule has 1 aliphatic rings. The fourth-order valence-electron chi connectivity index (χ4n) is 3.37. The molecule has 2 rings (SSSR count). The van der Waals surface area contributed by atoms with E-state index < -0.39 is 0 Å². The third-order valence-electron chi connectivity index (χ3n) is 4.52. The molecule has 1 unspecified atom stereocenters. The van der Waals surface area contributed by atoms with Crippen LogP contribution in [0.4, 0.5) is 0 Å². The fraction of sp³-hybridized carbons (Fsp3) is 0.722. The summed E-state index contributed by atoms with van der Waals surface area (Å²) in [7, 11) is 0. The number of nitrogens with zero attached hydrogens (tertiary/aromatic N) is 1. The topological polar surface area (TPSA) is 24.9 Å². The molecule has 1 heterocycles. The number of nitrogens with one attached hydrogen (secondary N) is 1. The van der Waals surface area contributed by atoms with E-state index in [1.807, 2.05) is 6.20 Å². The van der Waals surface area contributed by atoms with E-state index in [0.717, 1.165) is 23.4 Å². The van der Waals surface area contributed by atoms with Gasteiger partial charge in [-0.15, -0.1) is 0 Å². The maximum Gasteiger partial charge on any atom is 0.0419 e. The van der Waals surface area contributed by atoms with Crippen LogP contribution in [0, 0.1) is 5.92 Å². The molecule has 1 atom stereocenters. The normalized spacial score (nSPS) is 18.4. The molecule has 118 valence electrons. The van der Waals surface area contributed by atoms with Gasteiger partial charge in [0.05, 0.1) is 0 Å². The SMILES string of the molecule is CCCNC(Cc1ccc(Br)cn1)CC1CCCCCC1. The molecule has 1 aliphatic carbocycles. The Kier molecular flexibility index (Phi) is 7.73. The van der Waals surface area contributed by atoms with Gasteiger partial charge in [-0.3, -0.25) is 4.98 Å². The molecule has 0 bridgehead atoms. The van der Waals surface area contributed by atoms with Gasteiger partial charge in [-0.1, -0.05) is 45.4 Å². The predicted octanol–water partition coefficient (Wildman–Crippen LogP) is 5.12. The Morgan fingerprint density at radius 3 is 2.62 bits per heavy atom. The van der Waals surface area contributed by atoms with Crippen LogP contribution in [0.15, 0.2) is 22.8 Å². The average molecular weight is 353 g/mol. The third kappa shape index (κ3) is 6.48. The van der Waals surface area contributed by atoms with Gasteiger partial charge >= 0.3 is 0 Å². The van der Waals surface area contributed by atoms with E-state index in [4.69, 9.17) is 0 Å². The van der Waals surface area contributed by atoms with Gasteiger partial charge in [0, 0.05) is 28.8 Å². The van der Waals surface area contributed by atoms with Crippen molar-refractivity contribution in [3.8, 4) is 0 Å². The van der Waals surface area contributed by atoms with Crippen molar-refractivity contribution >= 4 is 15.9 Å². The van der Waals surface area contributed by atoms with Crippen LogP contribution in [-0.2, 0) is 6.42 Å². The molecular formula is C18H29BrN2. The van der Waals surface area contributed by atoms with Crippen molar-refractivity contribution < 1.29 is 0 Å². The lowest BCUT2D eigenvalue weighted by Gasteiger charge is -2.23. The molecular weight excluding hydrogens is 324 g/mol. The lowest BCUT2D eigenvalue weighted by molar-refractivity contribution is 0.348. The Balaban J connectivity index is 1.91. The molecule has 0 spiro atoms. The molecule has 0 amide bonds. The van der Waals surface area contributed by atoms with Crippen molar-refractivity contribution in [2.24, 2.45) is 5.92 Å². The molecule has 0 aliphatic heterocycles. The highest BCUT2D eigenvalue weighted by Gasteiger charge is 2.18. The smallest absolute Gasteiger partial charge is 0.0419 e. The fourth-order valence-corrected chi connectivity index (χ4v) is 3.60. The van der Waals surface area contributed by atoms with Crippen molar-refractivity contribution in [1.82, 2.24) is 10.3 Å². The van der Waals surface area contributed by atoms with E-state index in [1.54, 1.807) is 0 Å². The Morgan fingerprint density at radius 2 is 2.00 bits per heavy atom. The zero-order valence-electron chi connectivity index (χ0n) is 13.3. The molecule has 1 N–H and O–H groups in total. The molecule has 0 radical (unpaired) electrons. The predicted molar refractivity (Wildman–Crippen MR) is 93.5 cm³/mol. The number of halogens is 1. The molecule has 1 aromatic heterocycles. The van der Waals surface area contributed by atoms with Gasteiger partial charge in [0.1, 0.15) is 0 Å². The van der Waals surface area contributed by atoms with Crippen molar-refractivity contribution in [2.75, 3.05) is 6.54 Å². The minimum absolute atomic E-state index is 0.585. The summed E-state index contributed by atoms with van der Waals surface area (Å²) >= 11 is 3.46. The number of aromatic nitrogens is 1. The molecule has 3 heteroatoms. The van der Waals surface area contributed by atoms with Crippen molar-refractivity contribution in [1.29, 1.82) is 0 Å². The summed E-state index contributed by atoms with van der Waals surface area (Å²) in [4.78, 5) is 4.55. The summed E-state index contributed by atoms with van der Waals surface area (Å²) in [5.41, 5.74) is 1.21. The molecule has 0 saturated heterocycles. The standard InChI is InChI=1S/C18H29BrN2/c1-2-11-20-18(12-15-7-5-3-4-6-8-15)13-17-10-9-16(19)14-21-17/h9-10,14-15,18,20H,2-8,11-13H2,1H3. The van der Waals surface area contributed by atoms with Gasteiger partial charge in [0.2, 0.25) is 0 Å². The molecule has 0 aromatic carbocycles. The van der Waals surface area contributed by atoms with Crippen molar-refractivity contribution in [3.05, 3.63) is 28.5 Å². The van der Waals surface area contributed by atoms with Crippen LogP contribution >= 0.6 is 15.9 Å². The third-order valence-corrected chi connectivity index (χ3v) is 4.99. The van der Waals surface area contributed by atoms with Gasteiger partial charge in [-0.25, -0.2) is 0 Å². The Bertz CT molecular complexity index is 383. The second-order valence-electron chi connectivity index (χ2n) is 6.42. The van der Waals surface area contributed by atoms with Gasteiger partial charge in [0.25, 0.3) is 0 Å². The number of hydrogen-bond donors (Lipinski definition) is 1. The van der Waals surface area contributed by atoms with Crippen LogP contribution in [0.3, 0.4) is 0 Å². The summed E-state index contributed by atoms with van der Waals surface area (Å²) in [6, 6.07) is 4.84. The highest BCUT2D eigenvalue weighted by atomic mass is 79.9. The summed E-state index contributed by atoms with van der Waals surface area (Å²) in [6.07, 6.45) is 14.1. The van der Waals surface area contributed by atoms with Crippen molar-refractivity contribution in [2.45, 2.75) is 70.8 Å². The van der Waals surface area contributed by atoms with E-state index in [2.05, 4.69) is 45.3 Å². The van der Waals surface area contributed by atoms with E-state index in [0.29, 0.717) is 6.04 Å². The first-order chi connectivity index (χ1) is 10.3. The summed E-state index contributed by atoms with van der Waals surface area (Å²) in [5, 5.41) is 3.75. The number of hydrogen-bond acceptors (Lipinski definition) is 2. The van der Waals surface area contributed by atoms with E-state index in [9.17, 15) is 0 Å². The monoisotopic (exact) mass is 352 g/mol. The molecule has 21 heavy (non-hydrogen) atoms. The van der Waals surface area contributed by atoms with Gasteiger partial charge in [-0.2, -0.15) is 0 Å². The quantitative estimate of drug-likeness (QED) is 0.689. The maximum atomic E-state index is 4.55. The number of rotatable bonds is 7. The van der Waals surface area contributed by atoms with Crippen LogP contribution < -0.4 is 5.32 Å². The van der Waals surface area contributed by atoms with Crippen LogP contribution in [-0.4, -0.2) is 17.6 Å². The minimum atomic E-state index is 0.585. The number of pyridine rings is 1. The van der Waals surface area contributed by atoms with Crippen molar-refractivity contribution in [3.63, 3.8) is 0 Å². The lowest BCUT2D eigenvalue weighted by atomic mass is 9.90. The van der Waals surface area contributed by atoms with Gasteiger partial charge < -0.3 is 5.32 Å². The maximum absolute atomic E-state index is 4.55. The summed E-state index contributed by atoms with van der Waals surface area (Å²) in [5.74, 6) is 0.914. The van der Waals surface area contributed by atoms with Crippen LogP contribution in [0.1, 0.15) is 64.0 Å². The Morgan fingerprint density at radius 1 is 1.24 bits per heavy atom. The Labute approximate surface area is 138 Å². The average Bonchev–Trinajstić information content (AvgIpc) is 2.76. The Hall–Kier alpha value is -0.410. The lowest BCUT2D eigenvalue weighted by Crippen LogP contribution is -2.34. The first kappa shape index (κ1) is 17.0.